The van der Waals surface area contributed by atoms with Crippen LogP contribution in [-0.4, -0.2) is 37.1 Å². The lowest BCUT2D eigenvalue weighted by Gasteiger charge is -2.12. The molecule has 0 aliphatic carbocycles. The Hall–Kier alpha value is -0.130. The Bertz CT molecular complexity index is 285. The van der Waals surface area contributed by atoms with Gasteiger partial charge in [-0.1, -0.05) is 0 Å². The van der Waals surface area contributed by atoms with E-state index in [-0.39, 0.29) is 0 Å². The molecule has 0 fully saturated rings. The zero-order valence-electron chi connectivity index (χ0n) is 8.13. The fraction of sp³-hybridized carbons (Fsp3) is 0.444. The molecule has 0 radical (unpaired) electrons. The number of nitrogens with zero attached hydrogens (tertiary/aromatic N) is 2. The number of hydrogen-bond acceptors (Lipinski definition) is 3. The van der Waals surface area contributed by atoms with Crippen LogP contribution in [0, 0.1) is 0 Å². The fourth-order valence-corrected chi connectivity index (χ4v) is 2.03. The second kappa shape index (κ2) is 5.68. The molecule has 0 atom stereocenters. The maximum Gasteiger partial charge on any atom is 0.150 e. The van der Waals surface area contributed by atoms with E-state index >= 15 is 0 Å². The smallest absolute Gasteiger partial charge is 0.150 e. The van der Waals surface area contributed by atoms with Gasteiger partial charge in [0.15, 0.2) is 5.75 Å². The predicted octanol–water partition coefficient (Wildman–Crippen LogP) is 2.55. The molecule has 0 bridgehead atoms. The zero-order chi connectivity index (χ0) is 10.6. The van der Waals surface area contributed by atoms with Crippen LogP contribution in [0.2, 0.25) is 0 Å². The summed E-state index contributed by atoms with van der Waals surface area (Å²) in [7, 11) is 4.03. The molecule has 0 aliphatic rings. The van der Waals surface area contributed by atoms with Gasteiger partial charge in [-0.05, 0) is 46.0 Å². The summed E-state index contributed by atoms with van der Waals surface area (Å²) >= 11 is 6.77. The van der Waals surface area contributed by atoms with E-state index in [1.807, 2.05) is 14.1 Å². The van der Waals surface area contributed by atoms with E-state index in [9.17, 15) is 0 Å². The molecule has 0 saturated carbocycles. The third kappa shape index (κ3) is 3.55. The Kier molecular flexibility index (Phi) is 4.84. The Morgan fingerprint density at radius 2 is 1.86 bits per heavy atom. The van der Waals surface area contributed by atoms with E-state index in [0.717, 1.165) is 21.2 Å². The Morgan fingerprint density at radius 3 is 2.36 bits per heavy atom. The molecule has 3 nitrogen and oxygen atoms in total. The van der Waals surface area contributed by atoms with Gasteiger partial charge in [0.05, 0.1) is 8.95 Å². The Morgan fingerprint density at radius 1 is 1.29 bits per heavy atom. The van der Waals surface area contributed by atoms with Crippen LogP contribution >= 0.6 is 31.9 Å². The summed E-state index contributed by atoms with van der Waals surface area (Å²) in [5.41, 5.74) is 0. The summed E-state index contributed by atoms with van der Waals surface area (Å²) in [6, 6.07) is 0. The largest absolute Gasteiger partial charge is 0.490 e. The van der Waals surface area contributed by atoms with E-state index in [1.165, 1.54) is 0 Å². The van der Waals surface area contributed by atoms with E-state index in [2.05, 4.69) is 41.7 Å². The van der Waals surface area contributed by atoms with Gasteiger partial charge in [-0.2, -0.15) is 0 Å². The molecule has 78 valence electrons. The van der Waals surface area contributed by atoms with E-state index in [0.29, 0.717) is 6.61 Å². The van der Waals surface area contributed by atoms with Gasteiger partial charge in [0, 0.05) is 18.9 Å². The van der Waals surface area contributed by atoms with E-state index in [4.69, 9.17) is 4.74 Å². The molecule has 0 aromatic carbocycles. The molecule has 0 amide bonds. The molecule has 14 heavy (non-hydrogen) atoms. The van der Waals surface area contributed by atoms with Crippen molar-refractivity contribution in [1.29, 1.82) is 0 Å². The van der Waals surface area contributed by atoms with Gasteiger partial charge in [-0.15, -0.1) is 0 Å². The second-order valence-electron chi connectivity index (χ2n) is 3.08. The minimum atomic E-state index is 0.661. The minimum Gasteiger partial charge on any atom is -0.490 e. The van der Waals surface area contributed by atoms with Crippen LogP contribution in [0.4, 0.5) is 0 Å². The van der Waals surface area contributed by atoms with Crippen molar-refractivity contribution < 1.29 is 4.74 Å². The van der Waals surface area contributed by atoms with Crippen LogP contribution in [0.15, 0.2) is 21.3 Å². The number of aromatic nitrogens is 1. The number of ether oxygens (including phenoxy) is 1. The number of hydrogen-bond donors (Lipinski definition) is 0. The molecule has 0 N–H and O–H groups in total. The first-order valence-electron chi connectivity index (χ1n) is 4.18. The lowest BCUT2D eigenvalue weighted by atomic mass is 10.4. The molecule has 0 aliphatic heterocycles. The number of halogens is 2. The second-order valence-corrected chi connectivity index (χ2v) is 4.79. The van der Waals surface area contributed by atoms with Gasteiger partial charge in [-0.3, -0.25) is 4.98 Å². The van der Waals surface area contributed by atoms with Crippen LogP contribution in [-0.2, 0) is 0 Å². The van der Waals surface area contributed by atoms with Crippen molar-refractivity contribution in [3.63, 3.8) is 0 Å². The van der Waals surface area contributed by atoms with E-state index in [1.54, 1.807) is 12.4 Å². The zero-order valence-corrected chi connectivity index (χ0v) is 11.3. The Labute approximate surface area is 101 Å². The third-order valence-electron chi connectivity index (χ3n) is 1.59. The van der Waals surface area contributed by atoms with Crippen LogP contribution < -0.4 is 4.74 Å². The van der Waals surface area contributed by atoms with Crippen LogP contribution in [0.3, 0.4) is 0 Å². The number of rotatable bonds is 4. The quantitative estimate of drug-likeness (QED) is 0.851. The van der Waals surface area contributed by atoms with Gasteiger partial charge in [-0.25, -0.2) is 0 Å². The standard InChI is InChI=1S/C9H12Br2N2O/c1-13(2)3-4-14-9-7(10)5-12-6-8(9)11/h5-6H,3-4H2,1-2H3. The minimum absolute atomic E-state index is 0.661. The van der Waals surface area contributed by atoms with Gasteiger partial charge in [0.2, 0.25) is 0 Å². The summed E-state index contributed by atoms with van der Waals surface area (Å²) in [5.74, 6) is 0.807. The maximum atomic E-state index is 5.60. The van der Waals surface area contributed by atoms with Gasteiger partial charge >= 0.3 is 0 Å². The Balaban J connectivity index is 2.58. The molecule has 0 saturated heterocycles. The summed E-state index contributed by atoms with van der Waals surface area (Å²) in [4.78, 5) is 6.08. The highest BCUT2D eigenvalue weighted by Gasteiger charge is 2.06. The SMILES string of the molecule is CN(C)CCOc1c(Br)cncc1Br. The number of pyridine rings is 1. The lowest BCUT2D eigenvalue weighted by molar-refractivity contribution is 0.259. The molecular formula is C9H12Br2N2O. The van der Waals surface area contributed by atoms with Crippen molar-refractivity contribution in [2.45, 2.75) is 0 Å². The van der Waals surface area contributed by atoms with E-state index < -0.39 is 0 Å². The van der Waals surface area contributed by atoms with Gasteiger partial charge in [0.25, 0.3) is 0 Å². The molecular weight excluding hydrogens is 312 g/mol. The maximum absolute atomic E-state index is 5.60. The summed E-state index contributed by atoms with van der Waals surface area (Å²) in [6.45, 7) is 1.55. The molecule has 1 aromatic rings. The molecule has 5 heteroatoms. The van der Waals surface area contributed by atoms with Crippen molar-refractivity contribution in [1.82, 2.24) is 9.88 Å². The number of likely N-dealkylation sites (N-methyl/N-ethyl adjacent to an activating group) is 1. The highest BCUT2D eigenvalue weighted by atomic mass is 79.9. The van der Waals surface area contributed by atoms with Crippen molar-refractivity contribution in [2.24, 2.45) is 0 Å². The molecule has 1 heterocycles. The van der Waals surface area contributed by atoms with Crippen LogP contribution in [0.1, 0.15) is 0 Å². The van der Waals surface area contributed by atoms with Crippen LogP contribution in [0.25, 0.3) is 0 Å². The molecule has 0 unspecified atom stereocenters. The highest BCUT2D eigenvalue weighted by molar-refractivity contribution is 9.11. The van der Waals surface area contributed by atoms with Crippen molar-refractivity contribution in [2.75, 3.05) is 27.2 Å². The topological polar surface area (TPSA) is 25.4 Å². The molecule has 0 spiro atoms. The third-order valence-corrected chi connectivity index (χ3v) is 2.72. The summed E-state index contributed by atoms with van der Waals surface area (Å²) in [6.07, 6.45) is 3.44. The van der Waals surface area contributed by atoms with Gasteiger partial charge < -0.3 is 9.64 Å². The average Bonchev–Trinajstić information content (AvgIpc) is 2.09. The first-order chi connectivity index (χ1) is 6.61. The van der Waals surface area contributed by atoms with Crippen molar-refractivity contribution in [3.05, 3.63) is 21.3 Å². The van der Waals surface area contributed by atoms with Crippen LogP contribution in [0.5, 0.6) is 5.75 Å². The molecule has 1 rings (SSSR count). The highest BCUT2D eigenvalue weighted by Crippen LogP contribution is 2.31. The van der Waals surface area contributed by atoms with Crippen molar-refractivity contribution in [3.8, 4) is 5.75 Å². The monoisotopic (exact) mass is 322 g/mol. The predicted molar refractivity (Wildman–Crippen MR) is 63.7 cm³/mol. The lowest BCUT2D eigenvalue weighted by Crippen LogP contribution is -2.19. The average molecular weight is 324 g/mol. The summed E-state index contributed by atoms with van der Waals surface area (Å²) in [5, 5.41) is 0. The first-order valence-corrected chi connectivity index (χ1v) is 5.76. The normalized spacial score (nSPS) is 10.6. The first kappa shape index (κ1) is 11.9. The fourth-order valence-electron chi connectivity index (χ4n) is 0.868. The molecule has 1 aromatic heterocycles. The van der Waals surface area contributed by atoms with Gasteiger partial charge in [0.1, 0.15) is 6.61 Å². The van der Waals surface area contributed by atoms with Crippen molar-refractivity contribution >= 4 is 31.9 Å². The summed E-state index contributed by atoms with van der Waals surface area (Å²) < 4.78 is 7.34.